The number of likely N-dealkylation sites (tertiary alicyclic amines) is 1. The number of ether oxygens (including phenoxy) is 3. The molecule has 0 radical (unpaired) electrons. The van der Waals surface area contributed by atoms with E-state index < -0.39 is 0 Å². The van der Waals surface area contributed by atoms with Crippen LogP contribution in [0.15, 0.2) is 42.6 Å². The van der Waals surface area contributed by atoms with E-state index in [-0.39, 0.29) is 23.8 Å². The molecule has 0 aliphatic carbocycles. The molecule has 3 heterocycles. The summed E-state index contributed by atoms with van der Waals surface area (Å²) in [6.45, 7) is 4.79. The summed E-state index contributed by atoms with van der Waals surface area (Å²) in [7, 11) is 8.60. The molecule has 5 rings (SSSR count). The van der Waals surface area contributed by atoms with Crippen molar-refractivity contribution in [1.82, 2.24) is 20.2 Å². The highest BCUT2D eigenvalue weighted by atomic mass is 16.5. The van der Waals surface area contributed by atoms with Crippen molar-refractivity contribution in [3.8, 4) is 17.2 Å². The van der Waals surface area contributed by atoms with E-state index in [9.17, 15) is 9.59 Å². The van der Waals surface area contributed by atoms with Crippen LogP contribution >= 0.6 is 0 Å². The molecule has 2 aromatic carbocycles. The van der Waals surface area contributed by atoms with E-state index in [2.05, 4.69) is 32.5 Å². The van der Waals surface area contributed by atoms with Gasteiger partial charge in [-0.25, -0.2) is 4.98 Å². The van der Waals surface area contributed by atoms with Gasteiger partial charge in [0.25, 0.3) is 5.91 Å². The van der Waals surface area contributed by atoms with Crippen LogP contribution in [-0.4, -0.2) is 87.8 Å². The van der Waals surface area contributed by atoms with Gasteiger partial charge in [0, 0.05) is 31.7 Å². The first-order valence-electron chi connectivity index (χ1n) is 14.8. The molecule has 0 saturated carbocycles. The second-order valence-electron chi connectivity index (χ2n) is 11.4. The topological polar surface area (TPSA) is 121 Å². The number of hydrogen-bond donors (Lipinski definition) is 2. The van der Waals surface area contributed by atoms with Gasteiger partial charge in [0.05, 0.1) is 39.1 Å². The summed E-state index contributed by atoms with van der Waals surface area (Å²) in [6.07, 6.45) is 3.51. The molecule has 3 aromatic rings. The number of anilines is 4. The summed E-state index contributed by atoms with van der Waals surface area (Å²) in [5.41, 5.74) is 2.71. The number of nitrogens with zero attached hydrogens (tertiary/aromatic N) is 5. The van der Waals surface area contributed by atoms with Gasteiger partial charge in [0.2, 0.25) is 11.9 Å². The maximum absolute atomic E-state index is 13.1. The van der Waals surface area contributed by atoms with E-state index in [1.807, 2.05) is 25.1 Å². The molecule has 2 aliphatic rings. The predicted octanol–water partition coefficient (Wildman–Crippen LogP) is 3.69. The molecule has 1 atom stereocenters. The fourth-order valence-electron chi connectivity index (χ4n) is 5.66. The molecule has 2 aliphatic heterocycles. The summed E-state index contributed by atoms with van der Waals surface area (Å²) in [5.74, 6) is 2.30. The van der Waals surface area contributed by atoms with Crippen molar-refractivity contribution in [3.05, 3.63) is 53.7 Å². The molecular formula is C32H41N7O5. The van der Waals surface area contributed by atoms with Crippen LogP contribution in [0.25, 0.3) is 0 Å². The van der Waals surface area contributed by atoms with Crippen molar-refractivity contribution >= 4 is 35.0 Å². The number of amides is 2. The fourth-order valence-corrected chi connectivity index (χ4v) is 5.66. The Kier molecular flexibility index (Phi) is 9.38. The first kappa shape index (κ1) is 30.9. The second kappa shape index (κ2) is 13.4. The summed E-state index contributed by atoms with van der Waals surface area (Å²) in [4.78, 5) is 41.5. The molecule has 12 heteroatoms. The first-order valence-corrected chi connectivity index (χ1v) is 14.8. The fraction of sp³-hybridized carbons (Fsp3) is 0.438. The molecule has 1 fully saturated rings. The number of carbonyl (C=O) groups is 2. The number of hydrogen-bond acceptors (Lipinski definition) is 10. The normalized spacial score (nSPS) is 17.5. The number of nitrogens with one attached hydrogen (secondary N) is 2. The summed E-state index contributed by atoms with van der Waals surface area (Å²) < 4.78 is 16.5. The van der Waals surface area contributed by atoms with Crippen LogP contribution in [0.3, 0.4) is 0 Å². The zero-order valence-corrected chi connectivity index (χ0v) is 26.2. The summed E-state index contributed by atoms with van der Waals surface area (Å²) in [5, 5.41) is 6.40. The summed E-state index contributed by atoms with van der Waals surface area (Å²) >= 11 is 0. The van der Waals surface area contributed by atoms with E-state index in [0.29, 0.717) is 59.0 Å². The lowest BCUT2D eigenvalue weighted by atomic mass is 10.0. The van der Waals surface area contributed by atoms with E-state index in [0.717, 1.165) is 31.5 Å². The Morgan fingerprint density at radius 3 is 2.41 bits per heavy atom. The highest BCUT2D eigenvalue weighted by Crippen LogP contribution is 2.36. The largest absolute Gasteiger partial charge is 0.495 e. The predicted molar refractivity (Wildman–Crippen MR) is 169 cm³/mol. The van der Waals surface area contributed by atoms with Gasteiger partial charge in [-0.05, 0) is 68.9 Å². The zero-order valence-electron chi connectivity index (χ0n) is 26.2. The van der Waals surface area contributed by atoms with Crippen LogP contribution in [0, 0.1) is 5.92 Å². The Balaban J connectivity index is 1.40. The molecule has 0 bridgehead atoms. The molecule has 0 spiro atoms. The van der Waals surface area contributed by atoms with Crippen molar-refractivity contribution in [1.29, 1.82) is 0 Å². The monoisotopic (exact) mass is 603 g/mol. The Morgan fingerprint density at radius 2 is 1.70 bits per heavy atom. The maximum Gasteiger partial charge on any atom is 0.251 e. The number of aromatic nitrogens is 2. The Bertz CT molecular complexity index is 1510. The van der Waals surface area contributed by atoms with Gasteiger partial charge in [-0.2, -0.15) is 4.98 Å². The minimum Gasteiger partial charge on any atom is -0.495 e. The van der Waals surface area contributed by atoms with Crippen LogP contribution in [0.2, 0.25) is 0 Å². The Labute approximate surface area is 258 Å². The maximum atomic E-state index is 13.1. The molecule has 12 nitrogen and oxygen atoms in total. The van der Waals surface area contributed by atoms with Crippen LogP contribution in [0.4, 0.5) is 23.1 Å². The highest BCUT2D eigenvalue weighted by molar-refractivity contribution is 5.99. The van der Waals surface area contributed by atoms with E-state index in [1.165, 1.54) is 0 Å². The van der Waals surface area contributed by atoms with Crippen molar-refractivity contribution in [2.24, 2.45) is 5.92 Å². The SMILES string of the molecule is COc1cc(C(=O)NC2CCN(C)CC2)ccc1Nc1ncc2c(n1)N(Cc1ccc(OC)c(OC)c1)CC(C)C(=O)N2C. The average Bonchev–Trinajstić information content (AvgIpc) is 3.12. The highest BCUT2D eigenvalue weighted by Gasteiger charge is 2.31. The Morgan fingerprint density at radius 1 is 0.977 bits per heavy atom. The molecule has 234 valence electrons. The standard InChI is InChI=1S/C32H41N7O5/c1-20-18-39(19-21-7-10-26(42-4)28(15-21)44-6)29-25(38(3)31(20)41)17-33-32(36-29)35-24-9-8-22(16-27(24)43-5)30(40)34-23-11-13-37(2)14-12-23/h7-10,15-17,20,23H,11-14,18-19H2,1-6H3,(H,34,40)(H,33,35,36). The summed E-state index contributed by atoms with van der Waals surface area (Å²) in [6, 6.07) is 11.2. The van der Waals surface area contributed by atoms with Crippen LogP contribution < -0.4 is 34.6 Å². The van der Waals surface area contributed by atoms with Gasteiger partial charge in [-0.15, -0.1) is 0 Å². The molecule has 1 aromatic heterocycles. The number of rotatable bonds is 9. The van der Waals surface area contributed by atoms with Gasteiger partial charge in [-0.3, -0.25) is 9.59 Å². The van der Waals surface area contributed by atoms with Crippen LogP contribution in [0.1, 0.15) is 35.7 Å². The lowest BCUT2D eigenvalue weighted by Crippen LogP contribution is -2.43. The van der Waals surface area contributed by atoms with Gasteiger partial charge in [-0.1, -0.05) is 13.0 Å². The first-order chi connectivity index (χ1) is 21.2. The number of piperidine rings is 1. The molecule has 1 unspecified atom stereocenters. The minimum absolute atomic E-state index is 0.0128. The third kappa shape index (κ3) is 6.65. The zero-order chi connectivity index (χ0) is 31.4. The number of carbonyl (C=O) groups excluding carboxylic acids is 2. The average molecular weight is 604 g/mol. The second-order valence-corrected chi connectivity index (χ2v) is 11.4. The molecule has 44 heavy (non-hydrogen) atoms. The van der Waals surface area contributed by atoms with Gasteiger partial charge >= 0.3 is 0 Å². The van der Waals surface area contributed by atoms with Crippen LogP contribution in [0.5, 0.6) is 17.2 Å². The van der Waals surface area contributed by atoms with Crippen LogP contribution in [-0.2, 0) is 11.3 Å². The third-order valence-electron chi connectivity index (χ3n) is 8.24. The van der Waals surface area contributed by atoms with Crippen molar-refractivity contribution < 1.29 is 23.8 Å². The van der Waals surface area contributed by atoms with E-state index in [1.54, 1.807) is 57.7 Å². The number of benzene rings is 2. The number of methoxy groups -OCH3 is 3. The molecule has 2 N–H and O–H groups in total. The molecule has 1 saturated heterocycles. The van der Waals surface area contributed by atoms with Crippen molar-refractivity contribution in [2.45, 2.75) is 32.4 Å². The molecular weight excluding hydrogens is 562 g/mol. The number of fused-ring (bicyclic) bond motifs is 1. The third-order valence-corrected chi connectivity index (χ3v) is 8.24. The van der Waals surface area contributed by atoms with Gasteiger partial charge in [0.1, 0.15) is 11.4 Å². The Hall–Kier alpha value is -4.58. The van der Waals surface area contributed by atoms with Crippen molar-refractivity contribution in [3.63, 3.8) is 0 Å². The van der Waals surface area contributed by atoms with Gasteiger partial charge in [0.15, 0.2) is 17.3 Å². The minimum atomic E-state index is -0.265. The lowest BCUT2D eigenvalue weighted by Gasteiger charge is -2.29. The van der Waals surface area contributed by atoms with Gasteiger partial charge < -0.3 is 39.5 Å². The van der Waals surface area contributed by atoms with E-state index in [4.69, 9.17) is 19.2 Å². The van der Waals surface area contributed by atoms with Crippen molar-refractivity contribution in [2.75, 3.05) is 70.2 Å². The lowest BCUT2D eigenvalue weighted by molar-refractivity contribution is -0.121. The quantitative estimate of drug-likeness (QED) is 0.375. The molecule has 2 amide bonds. The smallest absolute Gasteiger partial charge is 0.251 e. The van der Waals surface area contributed by atoms with E-state index >= 15 is 0 Å².